The van der Waals surface area contributed by atoms with E-state index in [0.717, 1.165) is 6.07 Å². The monoisotopic (exact) mass is 269 g/mol. The molecule has 1 heterocycles. The van der Waals surface area contributed by atoms with Gasteiger partial charge in [0, 0.05) is 12.1 Å². The first-order chi connectivity index (χ1) is 8.99. The number of aromatic nitrogens is 3. The number of aryl methyl sites for hydroxylation is 1. The molecule has 0 fully saturated rings. The summed E-state index contributed by atoms with van der Waals surface area (Å²) in [6.45, 7) is 2.03. The maximum atomic E-state index is 13.0. The predicted molar refractivity (Wildman–Crippen MR) is 61.5 cm³/mol. The largest absolute Gasteiger partial charge is 0.417 e. The van der Waals surface area contributed by atoms with Crippen molar-refractivity contribution in [3.63, 3.8) is 0 Å². The van der Waals surface area contributed by atoms with Gasteiger partial charge in [-0.3, -0.25) is 4.79 Å². The van der Waals surface area contributed by atoms with E-state index in [1.165, 1.54) is 22.9 Å². The van der Waals surface area contributed by atoms with Crippen molar-refractivity contribution in [2.75, 3.05) is 0 Å². The van der Waals surface area contributed by atoms with Gasteiger partial charge in [0.05, 0.1) is 11.3 Å². The Morgan fingerprint density at radius 3 is 2.58 bits per heavy atom. The fraction of sp³-hybridized carbons (Fsp3) is 0.250. The van der Waals surface area contributed by atoms with Gasteiger partial charge in [0.15, 0.2) is 12.0 Å². The second-order valence-electron chi connectivity index (χ2n) is 3.80. The van der Waals surface area contributed by atoms with Crippen LogP contribution in [0, 0.1) is 0 Å². The van der Waals surface area contributed by atoms with Gasteiger partial charge in [0.25, 0.3) is 0 Å². The third kappa shape index (κ3) is 2.35. The van der Waals surface area contributed by atoms with Crippen LogP contribution in [0.1, 0.15) is 23.0 Å². The van der Waals surface area contributed by atoms with Crippen molar-refractivity contribution in [2.45, 2.75) is 19.6 Å². The Morgan fingerprint density at radius 2 is 2.00 bits per heavy atom. The zero-order valence-corrected chi connectivity index (χ0v) is 9.98. The van der Waals surface area contributed by atoms with Gasteiger partial charge in [0.2, 0.25) is 0 Å². The highest BCUT2D eigenvalue weighted by Gasteiger charge is 2.34. The zero-order chi connectivity index (χ0) is 14.0. The highest BCUT2D eigenvalue weighted by Crippen LogP contribution is 2.37. The predicted octanol–water partition coefficient (Wildman–Crippen LogP) is 2.80. The fourth-order valence-corrected chi connectivity index (χ4v) is 1.84. The molecule has 100 valence electrons. The van der Waals surface area contributed by atoms with Gasteiger partial charge in [-0.05, 0) is 13.0 Å². The summed E-state index contributed by atoms with van der Waals surface area (Å²) in [5, 5.41) is 7.26. The highest BCUT2D eigenvalue weighted by atomic mass is 19.4. The first-order valence-corrected chi connectivity index (χ1v) is 5.54. The van der Waals surface area contributed by atoms with Crippen LogP contribution in [-0.4, -0.2) is 21.3 Å². The minimum atomic E-state index is -4.50. The van der Waals surface area contributed by atoms with Crippen LogP contribution < -0.4 is 0 Å². The summed E-state index contributed by atoms with van der Waals surface area (Å²) in [4.78, 5) is 10.9. The molecule has 0 amide bonds. The molecule has 1 aromatic carbocycles. The number of hydrogen-bond acceptors (Lipinski definition) is 3. The van der Waals surface area contributed by atoms with Crippen LogP contribution >= 0.6 is 0 Å². The number of hydrogen-bond donors (Lipinski definition) is 0. The van der Waals surface area contributed by atoms with Gasteiger partial charge in [-0.2, -0.15) is 13.2 Å². The number of halogens is 3. The van der Waals surface area contributed by atoms with Crippen LogP contribution in [0.2, 0.25) is 0 Å². The number of carbonyl (C=O) groups is 1. The molecular formula is C12H10F3N3O. The number of rotatable bonds is 3. The molecule has 7 heteroatoms. The molecular weight excluding hydrogens is 259 g/mol. The third-order valence-electron chi connectivity index (χ3n) is 2.66. The lowest BCUT2D eigenvalue weighted by Gasteiger charge is -2.13. The van der Waals surface area contributed by atoms with Gasteiger partial charge < -0.3 is 0 Å². The van der Waals surface area contributed by atoms with Crippen molar-refractivity contribution in [1.29, 1.82) is 0 Å². The number of alkyl halides is 3. The normalized spacial score (nSPS) is 11.6. The lowest BCUT2D eigenvalue weighted by Crippen LogP contribution is -2.09. The standard InChI is InChI=1S/C12H10F3N3O/c1-2-18-11(10(7-19)16-17-18)8-5-3-4-6-9(8)12(13,14)15/h3-7H,2H2,1H3. The van der Waals surface area contributed by atoms with E-state index in [2.05, 4.69) is 10.3 Å². The summed E-state index contributed by atoms with van der Waals surface area (Å²) in [5.41, 5.74) is -0.914. The van der Waals surface area contributed by atoms with E-state index in [1.807, 2.05) is 0 Å². The van der Waals surface area contributed by atoms with E-state index < -0.39 is 11.7 Å². The first-order valence-electron chi connectivity index (χ1n) is 5.54. The number of aldehydes is 1. The van der Waals surface area contributed by atoms with E-state index in [0.29, 0.717) is 12.8 Å². The Balaban J connectivity index is 2.72. The molecule has 0 aliphatic rings. The van der Waals surface area contributed by atoms with Crippen LogP contribution in [0.4, 0.5) is 13.2 Å². The van der Waals surface area contributed by atoms with E-state index in [4.69, 9.17) is 0 Å². The maximum absolute atomic E-state index is 13.0. The van der Waals surface area contributed by atoms with Crippen molar-refractivity contribution < 1.29 is 18.0 Å². The molecule has 2 aromatic rings. The Labute approximate surface area is 106 Å². The van der Waals surface area contributed by atoms with Crippen LogP contribution in [0.5, 0.6) is 0 Å². The minimum absolute atomic E-state index is 0.0884. The summed E-state index contributed by atoms with van der Waals surface area (Å²) in [6, 6.07) is 5.05. The lowest BCUT2D eigenvalue weighted by molar-refractivity contribution is -0.137. The molecule has 0 N–H and O–H groups in total. The van der Waals surface area contributed by atoms with E-state index >= 15 is 0 Å². The van der Waals surface area contributed by atoms with Crippen molar-refractivity contribution in [2.24, 2.45) is 0 Å². The molecule has 4 nitrogen and oxygen atoms in total. The first kappa shape index (κ1) is 13.3. The Morgan fingerprint density at radius 1 is 1.32 bits per heavy atom. The fourth-order valence-electron chi connectivity index (χ4n) is 1.84. The number of benzene rings is 1. The van der Waals surface area contributed by atoms with E-state index in [9.17, 15) is 18.0 Å². The molecule has 1 aromatic heterocycles. The SMILES string of the molecule is CCn1nnc(C=O)c1-c1ccccc1C(F)(F)F. The molecule has 0 bridgehead atoms. The smallest absolute Gasteiger partial charge is 0.296 e. The molecule has 0 radical (unpaired) electrons. The second-order valence-corrected chi connectivity index (χ2v) is 3.80. The van der Waals surface area contributed by atoms with Crippen molar-refractivity contribution in [3.05, 3.63) is 35.5 Å². The van der Waals surface area contributed by atoms with Crippen molar-refractivity contribution in [1.82, 2.24) is 15.0 Å². The Hall–Kier alpha value is -2.18. The quantitative estimate of drug-likeness (QED) is 0.805. The van der Waals surface area contributed by atoms with Gasteiger partial charge >= 0.3 is 6.18 Å². The van der Waals surface area contributed by atoms with E-state index in [-0.39, 0.29) is 17.0 Å². The molecule has 0 spiro atoms. The molecule has 0 saturated heterocycles. The minimum Gasteiger partial charge on any atom is -0.296 e. The van der Waals surface area contributed by atoms with Crippen molar-refractivity contribution in [3.8, 4) is 11.3 Å². The van der Waals surface area contributed by atoms with Gasteiger partial charge in [-0.15, -0.1) is 5.10 Å². The lowest BCUT2D eigenvalue weighted by atomic mass is 10.0. The van der Waals surface area contributed by atoms with Crippen LogP contribution in [0.3, 0.4) is 0 Å². The number of nitrogens with zero attached hydrogens (tertiary/aromatic N) is 3. The van der Waals surface area contributed by atoms with Crippen LogP contribution in [0.15, 0.2) is 24.3 Å². The third-order valence-corrected chi connectivity index (χ3v) is 2.66. The Bertz CT molecular complexity index is 605. The molecule has 2 rings (SSSR count). The van der Waals surface area contributed by atoms with Gasteiger partial charge in [0.1, 0.15) is 0 Å². The van der Waals surface area contributed by atoms with Crippen LogP contribution in [0.25, 0.3) is 11.3 Å². The molecule has 0 aliphatic carbocycles. The van der Waals surface area contributed by atoms with Gasteiger partial charge in [-0.1, -0.05) is 23.4 Å². The number of carbonyl (C=O) groups excluding carboxylic acids is 1. The second kappa shape index (κ2) is 4.83. The summed E-state index contributed by atoms with van der Waals surface area (Å²) in [6.07, 6.45) is -4.10. The van der Waals surface area contributed by atoms with E-state index in [1.54, 1.807) is 6.92 Å². The van der Waals surface area contributed by atoms with Crippen LogP contribution in [-0.2, 0) is 12.7 Å². The summed E-state index contributed by atoms with van der Waals surface area (Å²) in [7, 11) is 0. The highest BCUT2D eigenvalue weighted by molar-refractivity contribution is 5.84. The zero-order valence-electron chi connectivity index (χ0n) is 9.98. The topological polar surface area (TPSA) is 47.8 Å². The molecule has 0 saturated carbocycles. The summed E-state index contributed by atoms with van der Waals surface area (Å²) >= 11 is 0. The van der Waals surface area contributed by atoms with Crippen molar-refractivity contribution >= 4 is 6.29 Å². The average molecular weight is 269 g/mol. The average Bonchev–Trinajstić information content (AvgIpc) is 2.80. The summed E-state index contributed by atoms with van der Waals surface area (Å²) < 4.78 is 40.2. The molecule has 0 unspecified atom stereocenters. The molecule has 0 aliphatic heterocycles. The maximum Gasteiger partial charge on any atom is 0.417 e. The molecule has 19 heavy (non-hydrogen) atoms. The van der Waals surface area contributed by atoms with Gasteiger partial charge in [-0.25, -0.2) is 4.68 Å². The summed E-state index contributed by atoms with van der Waals surface area (Å²) in [5.74, 6) is 0. The molecule has 0 atom stereocenters. The Kier molecular flexibility index (Phi) is 3.37.